The minimum atomic E-state index is -0.131. The molecule has 0 spiro atoms. The van der Waals surface area contributed by atoms with Crippen molar-refractivity contribution in [1.82, 2.24) is 15.3 Å². The monoisotopic (exact) mass is 312 g/mol. The van der Waals surface area contributed by atoms with Gasteiger partial charge in [0.2, 0.25) is 5.95 Å². The predicted octanol–water partition coefficient (Wildman–Crippen LogP) is 3.43. The number of aromatic nitrogens is 2. The smallest absolute Gasteiger partial charge is 0.254 e. The third-order valence-corrected chi connectivity index (χ3v) is 3.57. The van der Waals surface area contributed by atoms with Crippen molar-refractivity contribution in [2.75, 3.05) is 11.9 Å². The lowest BCUT2D eigenvalue weighted by Crippen LogP contribution is -2.25. The van der Waals surface area contributed by atoms with Crippen molar-refractivity contribution in [1.29, 1.82) is 0 Å². The molecule has 2 rings (SSSR count). The van der Waals surface area contributed by atoms with Crippen LogP contribution in [-0.2, 0) is 0 Å². The molecule has 5 heteroatoms. The maximum Gasteiger partial charge on any atom is 0.254 e. The lowest BCUT2D eigenvalue weighted by Gasteiger charge is -2.14. The summed E-state index contributed by atoms with van der Waals surface area (Å²) in [5.74, 6) is 0.950. The maximum atomic E-state index is 12.0. The van der Waals surface area contributed by atoms with E-state index in [1.54, 1.807) is 12.4 Å². The minimum Gasteiger partial charge on any atom is -0.352 e. The maximum absolute atomic E-state index is 12.0. The predicted molar refractivity (Wildman–Crippen MR) is 92.3 cm³/mol. The van der Waals surface area contributed by atoms with E-state index in [0.29, 0.717) is 24.0 Å². The van der Waals surface area contributed by atoms with Gasteiger partial charge in [0.25, 0.3) is 5.91 Å². The molecule has 0 aliphatic carbocycles. The summed E-state index contributed by atoms with van der Waals surface area (Å²) in [5, 5.41) is 6.11. The van der Waals surface area contributed by atoms with Gasteiger partial charge in [-0.25, -0.2) is 9.97 Å². The number of anilines is 1. The second-order valence-corrected chi connectivity index (χ2v) is 6.01. The summed E-state index contributed by atoms with van der Waals surface area (Å²) >= 11 is 0. The highest BCUT2D eigenvalue weighted by Crippen LogP contribution is 2.15. The standard InChI is InChI=1S/C18H24N4O/c1-13(2)9-10-19-17(23)16-11-20-18(21-12-16)22-14(3)15-7-5-4-6-8-15/h4-8,11-14H,9-10H2,1-3H3,(H,19,23)(H,20,21,22). The topological polar surface area (TPSA) is 66.9 Å². The van der Waals surface area contributed by atoms with Crippen LogP contribution < -0.4 is 10.6 Å². The van der Waals surface area contributed by atoms with Gasteiger partial charge in [0.15, 0.2) is 0 Å². The number of hydrogen-bond donors (Lipinski definition) is 2. The van der Waals surface area contributed by atoms with Crippen LogP contribution in [0.3, 0.4) is 0 Å². The van der Waals surface area contributed by atoms with Gasteiger partial charge in [0, 0.05) is 18.9 Å². The summed E-state index contributed by atoms with van der Waals surface area (Å²) < 4.78 is 0. The number of nitrogens with zero attached hydrogens (tertiary/aromatic N) is 2. The highest BCUT2D eigenvalue weighted by molar-refractivity contribution is 5.93. The number of benzene rings is 1. The molecule has 2 aromatic rings. The van der Waals surface area contributed by atoms with E-state index in [4.69, 9.17) is 0 Å². The molecule has 1 atom stereocenters. The molecule has 23 heavy (non-hydrogen) atoms. The Labute approximate surface area is 137 Å². The molecule has 0 aliphatic heterocycles. The fourth-order valence-electron chi connectivity index (χ4n) is 2.11. The van der Waals surface area contributed by atoms with Gasteiger partial charge in [-0.2, -0.15) is 0 Å². The van der Waals surface area contributed by atoms with E-state index in [1.807, 2.05) is 37.3 Å². The quantitative estimate of drug-likeness (QED) is 0.822. The number of nitrogens with one attached hydrogen (secondary N) is 2. The molecular weight excluding hydrogens is 288 g/mol. The van der Waals surface area contributed by atoms with E-state index in [-0.39, 0.29) is 11.9 Å². The van der Waals surface area contributed by atoms with E-state index in [2.05, 4.69) is 34.4 Å². The molecule has 122 valence electrons. The molecular formula is C18H24N4O. The minimum absolute atomic E-state index is 0.0990. The molecule has 1 heterocycles. The number of carbonyl (C=O) groups excluding carboxylic acids is 1. The third-order valence-electron chi connectivity index (χ3n) is 3.57. The van der Waals surface area contributed by atoms with Crippen LogP contribution in [0.5, 0.6) is 0 Å². The molecule has 1 aromatic heterocycles. The lowest BCUT2D eigenvalue weighted by atomic mass is 10.1. The molecule has 2 N–H and O–H groups in total. The highest BCUT2D eigenvalue weighted by Gasteiger charge is 2.09. The Bertz CT molecular complexity index is 611. The van der Waals surface area contributed by atoms with E-state index in [9.17, 15) is 4.79 Å². The first-order chi connectivity index (χ1) is 11.1. The zero-order chi connectivity index (χ0) is 16.7. The van der Waals surface area contributed by atoms with Crippen LogP contribution in [-0.4, -0.2) is 22.4 Å². The molecule has 0 aliphatic rings. The van der Waals surface area contributed by atoms with Crippen molar-refractivity contribution >= 4 is 11.9 Å². The average molecular weight is 312 g/mol. The van der Waals surface area contributed by atoms with Gasteiger partial charge in [0.05, 0.1) is 11.6 Å². The molecule has 0 bridgehead atoms. The molecule has 1 unspecified atom stereocenters. The van der Waals surface area contributed by atoms with Crippen LogP contribution in [0.4, 0.5) is 5.95 Å². The fraction of sp³-hybridized carbons (Fsp3) is 0.389. The van der Waals surface area contributed by atoms with Crippen molar-refractivity contribution in [3.8, 4) is 0 Å². The summed E-state index contributed by atoms with van der Waals surface area (Å²) in [6.07, 6.45) is 4.07. The van der Waals surface area contributed by atoms with E-state index in [0.717, 1.165) is 12.0 Å². The van der Waals surface area contributed by atoms with Crippen LogP contribution in [0.15, 0.2) is 42.7 Å². The number of hydrogen-bond acceptors (Lipinski definition) is 4. The van der Waals surface area contributed by atoms with Gasteiger partial charge >= 0.3 is 0 Å². The molecule has 5 nitrogen and oxygen atoms in total. The normalized spacial score (nSPS) is 12.0. The van der Waals surface area contributed by atoms with Crippen LogP contribution in [0.2, 0.25) is 0 Å². The Morgan fingerprint density at radius 3 is 2.35 bits per heavy atom. The molecule has 1 aromatic carbocycles. The zero-order valence-corrected chi connectivity index (χ0v) is 13.9. The molecule has 1 amide bonds. The van der Waals surface area contributed by atoms with Gasteiger partial charge in [-0.05, 0) is 24.8 Å². The van der Waals surface area contributed by atoms with Gasteiger partial charge in [-0.1, -0.05) is 44.2 Å². The molecule has 0 radical (unpaired) electrons. The Hall–Kier alpha value is -2.43. The Morgan fingerprint density at radius 2 is 1.74 bits per heavy atom. The van der Waals surface area contributed by atoms with Crippen LogP contribution >= 0.6 is 0 Å². The third kappa shape index (κ3) is 5.36. The Morgan fingerprint density at radius 1 is 1.09 bits per heavy atom. The summed E-state index contributed by atoms with van der Waals surface area (Å²) in [7, 11) is 0. The summed E-state index contributed by atoms with van der Waals surface area (Å²) in [5.41, 5.74) is 1.64. The molecule has 0 fully saturated rings. The van der Waals surface area contributed by atoms with Crippen molar-refractivity contribution < 1.29 is 4.79 Å². The number of carbonyl (C=O) groups is 1. The van der Waals surface area contributed by atoms with Crippen LogP contribution in [0.25, 0.3) is 0 Å². The van der Waals surface area contributed by atoms with E-state index < -0.39 is 0 Å². The van der Waals surface area contributed by atoms with Crippen LogP contribution in [0.1, 0.15) is 49.2 Å². The van der Waals surface area contributed by atoms with Gasteiger partial charge < -0.3 is 10.6 Å². The van der Waals surface area contributed by atoms with Gasteiger partial charge in [0.1, 0.15) is 0 Å². The van der Waals surface area contributed by atoms with Gasteiger partial charge in [-0.3, -0.25) is 4.79 Å². The summed E-state index contributed by atoms with van der Waals surface area (Å²) in [4.78, 5) is 20.4. The fourth-order valence-corrected chi connectivity index (χ4v) is 2.11. The number of rotatable bonds is 7. The van der Waals surface area contributed by atoms with Crippen molar-refractivity contribution in [3.63, 3.8) is 0 Å². The SMILES string of the molecule is CC(C)CCNC(=O)c1cnc(NC(C)c2ccccc2)nc1. The zero-order valence-electron chi connectivity index (χ0n) is 13.9. The van der Waals surface area contributed by atoms with Crippen molar-refractivity contribution in [2.45, 2.75) is 33.2 Å². The van der Waals surface area contributed by atoms with Crippen LogP contribution in [0, 0.1) is 5.92 Å². The van der Waals surface area contributed by atoms with E-state index in [1.165, 1.54) is 0 Å². The van der Waals surface area contributed by atoms with E-state index >= 15 is 0 Å². The summed E-state index contributed by atoms with van der Waals surface area (Å²) in [6, 6.07) is 10.2. The first-order valence-corrected chi connectivity index (χ1v) is 7.98. The second-order valence-electron chi connectivity index (χ2n) is 6.01. The average Bonchev–Trinajstić information content (AvgIpc) is 2.56. The molecule has 0 saturated carbocycles. The first-order valence-electron chi connectivity index (χ1n) is 7.98. The largest absolute Gasteiger partial charge is 0.352 e. The summed E-state index contributed by atoms with van der Waals surface area (Å²) in [6.45, 7) is 6.97. The first kappa shape index (κ1) is 16.9. The van der Waals surface area contributed by atoms with Crippen molar-refractivity contribution in [3.05, 3.63) is 53.9 Å². The highest BCUT2D eigenvalue weighted by atomic mass is 16.1. The molecule has 0 saturated heterocycles. The Balaban J connectivity index is 1.90. The van der Waals surface area contributed by atoms with Crippen molar-refractivity contribution in [2.24, 2.45) is 5.92 Å². The second kappa shape index (κ2) is 8.27. The van der Waals surface area contributed by atoms with Gasteiger partial charge in [-0.15, -0.1) is 0 Å². The lowest BCUT2D eigenvalue weighted by molar-refractivity contribution is 0.0951. The number of amides is 1. The Kier molecular flexibility index (Phi) is 6.09.